The Hall–Kier alpha value is -1.39. The zero-order valence-electron chi connectivity index (χ0n) is 11.8. The predicted molar refractivity (Wildman–Crippen MR) is 82.9 cm³/mol. The second-order valence-electron chi connectivity index (χ2n) is 4.90. The standard InChI is InChI=1S/C15H17ClNO2S/c1-10(9-15(2,16)14(18)19-4)13-17(3)11-7-5-6-8-12(11)20-13/h5-8H,1,9H2,2-4H3/q+1. The van der Waals surface area contributed by atoms with Crippen molar-refractivity contribution in [2.75, 3.05) is 7.11 Å². The lowest BCUT2D eigenvalue weighted by Gasteiger charge is -2.18. The van der Waals surface area contributed by atoms with Crippen molar-refractivity contribution in [3.63, 3.8) is 0 Å². The zero-order valence-corrected chi connectivity index (χ0v) is 13.3. The van der Waals surface area contributed by atoms with Crippen molar-refractivity contribution in [2.45, 2.75) is 18.2 Å². The van der Waals surface area contributed by atoms with Crippen LogP contribution >= 0.6 is 22.9 Å². The number of hydrogen-bond acceptors (Lipinski definition) is 3. The van der Waals surface area contributed by atoms with Crippen LogP contribution in [0.2, 0.25) is 0 Å². The van der Waals surface area contributed by atoms with Crippen LogP contribution in [0.1, 0.15) is 18.4 Å². The highest BCUT2D eigenvalue weighted by atomic mass is 35.5. The number of hydrogen-bond donors (Lipinski definition) is 0. The summed E-state index contributed by atoms with van der Waals surface area (Å²) in [5.41, 5.74) is 1.97. The summed E-state index contributed by atoms with van der Waals surface area (Å²) in [6.07, 6.45) is 0.349. The minimum atomic E-state index is -1.09. The van der Waals surface area contributed by atoms with Gasteiger partial charge < -0.3 is 4.74 Å². The van der Waals surface area contributed by atoms with Gasteiger partial charge in [-0.15, -0.1) is 11.6 Å². The highest BCUT2D eigenvalue weighted by Gasteiger charge is 2.35. The number of alkyl halides is 1. The van der Waals surface area contributed by atoms with Gasteiger partial charge in [0, 0.05) is 18.1 Å². The minimum Gasteiger partial charge on any atom is -0.468 e. The minimum absolute atomic E-state index is 0.349. The van der Waals surface area contributed by atoms with E-state index in [0.29, 0.717) is 6.42 Å². The SMILES string of the molecule is C=C(CC(C)(Cl)C(=O)OC)c1sc2ccccc2[n+]1C. The number of ether oxygens (including phenoxy) is 1. The molecule has 3 nitrogen and oxygen atoms in total. The fourth-order valence-electron chi connectivity index (χ4n) is 2.17. The van der Waals surface area contributed by atoms with E-state index in [2.05, 4.69) is 23.3 Å². The van der Waals surface area contributed by atoms with E-state index in [4.69, 9.17) is 16.3 Å². The number of allylic oxidation sites excluding steroid dienone is 1. The predicted octanol–water partition coefficient (Wildman–Crippen LogP) is 3.30. The number of carbonyl (C=O) groups excluding carboxylic acids is 1. The fraction of sp³-hybridized carbons (Fsp3) is 0.333. The molecular formula is C15H17ClNO2S+. The molecule has 0 spiro atoms. The highest BCUT2D eigenvalue weighted by molar-refractivity contribution is 7.19. The van der Waals surface area contributed by atoms with E-state index in [1.165, 1.54) is 11.8 Å². The zero-order chi connectivity index (χ0) is 14.9. The first-order chi connectivity index (χ1) is 9.36. The van der Waals surface area contributed by atoms with Gasteiger partial charge in [0.1, 0.15) is 16.6 Å². The van der Waals surface area contributed by atoms with Crippen molar-refractivity contribution in [3.8, 4) is 0 Å². The molecule has 0 saturated carbocycles. The number of methoxy groups -OCH3 is 1. The molecule has 0 bridgehead atoms. The number of rotatable bonds is 4. The van der Waals surface area contributed by atoms with Gasteiger partial charge in [-0.05, 0) is 13.0 Å². The van der Waals surface area contributed by atoms with Crippen LogP contribution in [-0.4, -0.2) is 18.0 Å². The Kier molecular flexibility index (Phi) is 4.16. The fourth-order valence-corrected chi connectivity index (χ4v) is 3.53. The van der Waals surface area contributed by atoms with Gasteiger partial charge in [0.05, 0.1) is 7.11 Å². The van der Waals surface area contributed by atoms with E-state index in [0.717, 1.165) is 16.1 Å². The van der Waals surface area contributed by atoms with Gasteiger partial charge in [-0.25, -0.2) is 0 Å². The summed E-state index contributed by atoms with van der Waals surface area (Å²) in [5, 5.41) is 1.02. The normalized spacial score (nSPS) is 14.0. The maximum absolute atomic E-state index is 11.7. The van der Waals surface area contributed by atoms with Crippen LogP contribution < -0.4 is 4.57 Å². The molecule has 1 heterocycles. The molecule has 5 heteroatoms. The third-order valence-electron chi connectivity index (χ3n) is 3.20. The second-order valence-corrected chi connectivity index (χ2v) is 6.77. The molecule has 106 valence electrons. The molecule has 1 aromatic carbocycles. The number of aryl methyl sites for hydroxylation is 1. The van der Waals surface area contributed by atoms with Gasteiger partial charge in [-0.3, -0.25) is 4.79 Å². The summed E-state index contributed by atoms with van der Waals surface area (Å²) in [5.74, 6) is -0.441. The number of halogens is 1. The molecule has 0 N–H and O–H groups in total. The molecule has 0 radical (unpaired) electrons. The van der Waals surface area contributed by atoms with Crippen molar-refractivity contribution >= 4 is 44.7 Å². The molecule has 0 aliphatic carbocycles. The van der Waals surface area contributed by atoms with Crippen molar-refractivity contribution in [1.29, 1.82) is 0 Å². The van der Waals surface area contributed by atoms with E-state index in [1.54, 1.807) is 18.3 Å². The van der Waals surface area contributed by atoms with Crippen molar-refractivity contribution in [2.24, 2.45) is 7.05 Å². The first kappa shape index (κ1) is 15.0. The first-order valence-electron chi connectivity index (χ1n) is 6.20. The van der Waals surface area contributed by atoms with Gasteiger partial charge in [0.2, 0.25) is 5.52 Å². The van der Waals surface area contributed by atoms with Crippen LogP contribution in [0.3, 0.4) is 0 Å². The number of aromatic nitrogens is 1. The largest absolute Gasteiger partial charge is 0.468 e. The molecule has 2 aromatic rings. The average Bonchev–Trinajstić information content (AvgIpc) is 2.75. The molecule has 2 rings (SSSR count). The lowest BCUT2D eigenvalue weighted by atomic mass is 10.0. The molecule has 0 amide bonds. The maximum atomic E-state index is 11.7. The third kappa shape index (κ3) is 2.72. The lowest BCUT2D eigenvalue weighted by Crippen LogP contribution is -2.34. The first-order valence-corrected chi connectivity index (χ1v) is 7.39. The van der Waals surface area contributed by atoms with Crippen LogP contribution in [0.15, 0.2) is 30.8 Å². The average molecular weight is 311 g/mol. The number of fused-ring (bicyclic) bond motifs is 1. The Labute approximate surface area is 127 Å². The van der Waals surface area contributed by atoms with E-state index >= 15 is 0 Å². The number of benzene rings is 1. The Morgan fingerprint density at radius 2 is 2.15 bits per heavy atom. The lowest BCUT2D eigenvalue weighted by molar-refractivity contribution is -0.642. The summed E-state index contributed by atoms with van der Waals surface area (Å²) < 4.78 is 7.98. The molecule has 20 heavy (non-hydrogen) atoms. The topological polar surface area (TPSA) is 30.2 Å². The summed E-state index contributed by atoms with van der Waals surface area (Å²) >= 11 is 7.89. The molecule has 0 saturated heterocycles. The van der Waals surface area contributed by atoms with Crippen LogP contribution in [-0.2, 0) is 16.6 Å². The molecular weight excluding hydrogens is 294 g/mol. The van der Waals surface area contributed by atoms with Crippen LogP contribution in [0.25, 0.3) is 15.8 Å². The monoisotopic (exact) mass is 310 g/mol. The molecule has 1 atom stereocenters. The third-order valence-corrected chi connectivity index (χ3v) is 4.81. The van der Waals surface area contributed by atoms with E-state index < -0.39 is 10.8 Å². The second kappa shape index (κ2) is 5.54. The number of carbonyl (C=O) groups is 1. The quantitative estimate of drug-likeness (QED) is 0.493. The summed E-state index contributed by atoms with van der Waals surface area (Å²) in [6, 6.07) is 8.13. The molecule has 0 fully saturated rings. The maximum Gasteiger partial charge on any atom is 0.326 e. The van der Waals surface area contributed by atoms with E-state index in [1.807, 2.05) is 19.2 Å². The Balaban J connectivity index is 2.33. The number of para-hydroxylation sites is 1. The van der Waals surface area contributed by atoms with Gasteiger partial charge in [0.25, 0.3) is 5.01 Å². The Morgan fingerprint density at radius 1 is 1.50 bits per heavy atom. The number of esters is 1. The van der Waals surface area contributed by atoms with E-state index in [-0.39, 0.29) is 0 Å². The summed E-state index contributed by atoms with van der Waals surface area (Å²) in [7, 11) is 3.33. The Bertz CT molecular complexity index is 676. The van der Waals surface area contributed by atoms with Gasteiger partial charge in [-0.2, -0.15) is 4.57 Å². The van der Waals surface area contributed by atoms with Gasteiger partial charge >= 0.3 is 5.97 Å². The molecule has 1 unspecified atom stereocenters. The number of thiazole rings is 1. The van der Waals surface area contributed by atoms with E-state index in [9.17, 15) is 4.79 Å². The van der Waals surface area contributed by atoms with Crippen LogP contribution in [0.5, 0.6) is 0 Å². The Morgan fingerprint density at radius 3 is 2.75 bits per heavy atom. The van der Waals surface area contributed by atoms with Gasteiger partial charge in [-0.1, -0.05) is 30.0 Å². The van der Waals surface area contributed by atoms with Crippen molar-refractivity contribution in [1.82, 2.24) is 0 Å². The van der Waals surface area contributed by atoms with Crippen LogP contribution in [0, 0.1) is 0 Å². The smallest absolute Gasteiger partial charge is 0.326 e. The molecule has 1 aromatic heterocycles. The highest BCUT2D eigenvalue weighted by Crippen LogP contribution is 2.32. The summed E-state index contributed by atoms with van der Waals surface area (Å²) in [6.45, 7) is 5.73. The van der Waals surface area contributed by atoms with Crippen LogP contribution in [0.4, 0.5) is 0 Å². The van der Waals surface area contributed by atoms with Gasteiger partial charge in [0.15, 0.2) is 0 Å². The number of nitrogens with zero attached hydrogens (tertiary/aromatic N) is 1. The summed E-state index contributed by atoms with van der Waals surface area (Å²) in [4.78, 5) is 10.6. The molecule has 0 aliphatic rings. The van der Waals surface area contributed by atoms with Crippen molar-refractivity contribution in [3.05, 3.63) is 35.9 Å². The molecule has 0 aliphatic heterocycles. The van der Waals surface area contributed by atoms with Crippen molar-refractivity contribution < 1.29 is 14.1 Å².